The average Bonchev–Trinajstić information content (AvgIpc) is 2.95. The summed E-state index contributed by atoms with van der Waals surface area (Å²) in [6.07, 6.45) is 18.3. The zero-order chi connectivity index (χ0) is 21.5. The summed E-state index contributed by atoms with van der Waals surface area (Å²) in [6.45, 7) is 14.4. The van der Waals surface area contributed by atoms with Gasteiger partial charge in [-0.15, -0.1) is 0 Å². The number of allylic oxidation sites excluding steroid dienone is 4. The van der Waals surface area contributed by atoms with Crippen LogP contribution in [-0.2, 0) is 33.3 Å². The Bertz CT molecular complexity index is 712. The van der Waals surface area contributed by atoms with Gasteiger partial charge in [0.1, 0.15) is 0 Å². The molecule has 32 heavy (non-hydrogen) atoms. The second kappa shape index (κ2) is 16.2. The van der Waals surface area contributed by atoms with Crippen LogP contribution < -0.4 is 42.4 Å². The third-order valence-electron chi connectivity index (χ3n) is 6.91. The van der Waals surface area contributed by atoms with Gasteiger partial charge >= 0.3 is 195 Å². The first-order valence-corrected chi connectivity index (χ1v) is 15.8. The molecule has 0 fully saturated rings. The summed E-state index contributed by atoms with van der Waals surface area (Å²) in [7, 11) is -1.69. The minimum absolute atomic E-state index is 0. The summed E-state index contributed by atoms with van der Waals surface area (Å²) < 4.78 is 0.234. The van der Waals surface area contributed by atoms with Gasteiger partial charge in [-0.3, -0.25) is 0 Å². The van der Waals surface area contributed by atoms with E-state index in [1.54, 1.807) is 21.9 Å². The van der Waals surface area contributed by atoms with E-state index in [1.807, 2.05) is 0 Å². The predicted octanol–water partition coefficient (Wildman–Crippen LogP) is -0.989. The molecular formula is C27H43Cl3SiTi. The van der Waals surface area contributed by atoms with Gasteiger partial charge in [-0.25, -0.2) is 0 Å². The van der Waals surface area contributed by atoms with Crippen LogP contribution in [0, 0.1) is 0 Å². The van der Waals surface area contributed by atoms with Gasteiger partial charge < -0.3 is 37.2 Å². The molecule has 0 aromatic heterocycles. The van der Waals surface area contributed by atoms with E-state index in [-0.39, 0.29) is 40.6 Å². The summed E-state index contributed by atoms with van der Waals surface area (Å²) in [5.74, 6) is 0. The standard InChI is InChI=1S/C27H43Si.3ClH.Ti/c1-7-9-11-13-15-24-19-25(16-14-12-10-8-2)21-26(20-24)28(5,6)27-18-22(3)17-23(27)4;;;;/h17-21H,7-16H2,1-6H3;3*1H;/q;;;;+3/p-3. The Kier molecular flexibility index (Phi) is 17.6. The van der Waals surface area contributed by atoms with Crippen molar-refractivity contribution in [3.05, 3.63) is 52.6 Å². The summed E-state index contributed by atoms with van der Waals surface area (Å²) in [4.78, 5) is 0. The first-order valence-electron chi connectivity index (χ1n) is 12.0. The van der Waals surface area contributed by atoms with Crippen molar-refractivity contribution in [1.82, 2.24) is 0 Å². The molecule has 1 aliphatic rings. The third kappa shape index (κ3) is 8.94. The summed E-state index contributed by atoms with van der Waals surface area (Å²) in [6, 6.07) is 7.72. The van der Waals surface area contributed by atoms with Crippen LogP contribution in [0.1, 0.15) is 90.2 Å². The molecule has 0 heterocycles. The van der Waals surface area contributed by atoms with Gasteiger partial charge in [-0.2, -0.15) is 0 Å². The van der Waals surface area contributed by atoms with Crippen molar-refractivity contribution < 1.29 is 57.7 Å². The van der Waals surface area contributed by atoms with Crippen molar-refractivity contribution in [3.63, 3.8) is 0 Å². The zero-order valence-electron chi connectivity index (χ0n) is 21.1. The molecule has 1 unspecified atom stereocenters. The van der Waals surface area contributed by atoms with Crippen molar-refractivity contribution >= 4 is 13.3 Å². The molecule has 0 radical (unpaired) electrons. The fourth-order valence-corrected chi connectivity index (χ4v) is 9.12. The minimum atomic E-state index is -1.69. The molecular weight excluding hydrogens is 507 g/mol. The van der Waals surface area contributed by atoms with Crippen LogP contribution in [0.15, 0.2) is 41.5 Å². The fourth-order valence-electron chi connectivity index (χ4n) is 4.78. The maximum atomic E-state index is 2.59. The van der Waals surface area contributed by atoms with E-state index in [0.29, 0.717) is 0 Å². The second-order valence-electron chi connectivity index (χ2n) is 9.81. The molecule has 0 spiro atoms. The van der Waals surface area contributed by atoms with E-state index >= 15 is 0 Å². The number of rotatable bonds is 12. The summed E-state index contributed by atoms with van der Waals surface area (Å²) >= 11 is 2.50. The molecule has 0 amide bonds. The Hall–Kier alpha value is 0.501. The number of halogens is 3. The molecule has 1 atom stereocenters. The molecule has 0 saturated carbocycles. The summed E-state index contributed by atoms with van der Waals surface area (Å²) in [5, 5.41) is 1.66. The van der Waals surface area contributed by atoms with Crippen LogP contribution in [0.5, 0.6) is 0 Å². The maximum absolute atomic E-state index is 2.59. The number of hydrogen-bond acceptors (Lipinski definition) is 0. The van der Waals surface area contributed by atoms with Crippen LogP contribution >= 0.6 is 0 Å². The van der Waals surface area contributed by atoms with Gasteiger partial charge in [0.05, 0.1) is 0 Å². The molecule has 5 heteroatoms. The van der Waals surface area contributed by atoms with Gasteiger partial charge in [-0.05, 0) is 0 Å². The molecule has 180 valence electrons. The van der Waals surface area contributed by atoms with Gasteiger partial charge in [0.15, 0.2) is 0 Å². The van der Waals surface area contributed by atoms with Gasteiger partial charge in [0.25, 0.3) is 0 Å². The van der Waals surface area contributed by atoms with Crippen LogP contribution in [0.2, 0.25) is 16.4 Å². The fraction of sp³-hybridized carbons (Fsp3) is 0.630. The SMILES string of the molecule is CCCCCCc1cc(CCCCCC)cc([Si](C)(C)[C]2([Ti+3])C=C(C)C=C2C)c1.[Cl-].[Cl-].[Cl-]. The number of unbranched alkanes of at least 4 members (excludes halogenated alkanes) is 6. The van der Waals surface area contributed by atoms with Crippen LogP contribution in [0.25, 0.3) is 0 Å². The van der Waals surface area contributed by atoms with Crippen molar-refractivity contribution in [1.29, 1.82) is 0 Å². The van der Waals surface area contributed by atoms with Crippen molar-refractivity contribution in [2.24, 2.45) is 0 Å². The summed E-state index contributed by atoms with van der Waals surface area (Å²) in [5.41, 5.74) is 6.19. The zero-order valence-corrected chi connectivity index (χ0v) is 25.9. The van der Waals surface area contributed by atoms with Crippen LogP contribution in [-0.4, -0.2) is 8.07 Å². The Morgan fingerprint density at radius 1 is 0.750 bits per heavy atom. The Morgan fingerprint density at radius 2 is 1.22 bits per heavy atom. The van der Waals surface area contributed by atoms with Crippen molar-refractivity contribution in [2.75, 3.05) is 0 Å². The molecule has 0 saturated heterocycles. The third-order valence-corrected chi connectivity index (χ3v) is 14.9. The molecule has 2 rings (SSSR count). The quantitative estimate of drug-likeness (QED) is 0.232. The first-order chi connectivity index (χ1) is 13.7. The second-order valence-corrected chi connectivity index (χ2v) is 16.4. The molecule has 0 nitrogen and oxygen atoms in total. The normalized spacial score (nSPS) is 17.6. The van der Waals surface area contributed by atoms with Gasteiger partial charge in [0.2, 0.25) is 0 Å². The Labute approximate surface area is 230 Å². The smallest absolute Gasteiger partial charge is 1.00 e. The van der Waals surface area contributed by atoms with E-state index in [0.717, 1.165) is 0 Å². The van der Waals surface area contributed by atoms with E-state index in [9.17, 15) is 0 Å². The maximum Gasteiger partial charge on any atom is -1.00 e. The van der Waals surface area contributed by atoms with Gasteiger partial charge in [-0.1, -0.05) is 0 Å². The largest absolute Gasteiger partial charge is 1.00 e. The monoisotopic (exact) mass is 548 g/mol. The topological polar surface area (TPSA) is 0 Å². The number of aryl methyl sites for hydroxylation is 2. The molecule has 1 aromatic carbocycles. The van der Waals surface area contributed by atoms with E-state index in [1.165, 1.54) is 69.8 Å². The van der Waals surface area contributed by atoms with Gasteiger partial charge in [0, 0.05) is 0 Å². The number of hydrogen-bond donors (Lipinski definition) is 0. The molecule has 0 N–H and O–H groups in total. The van der Waals surface area contributed by atoms with Crippen LogP contribution in [0.3, 0.4) is 0 Å². The Morgan fingerprint density at radius 3 is 1.59 bits per heavy atom. The predicted molar refractivity (Wildman–Crippen MR) is 129 cm³/mol. The molecule has 1 aromatic rings. The van der Waals surface area contributed by atoms with E-state index in [2.05, 4.69) is 91.6 Å². The Balaban J connectivity index is 0. The van der Waals surface area contributed by atoms with E-state index < -0.39 is 8.07 Å². The number of benzene rings is 1. The minimum Gasteiger partial charge on any atom is -1.00 e. The van der Waals surface area contributed by atoms with Crippen LogP contribution in [0.4, 0.5) is 0 Å². The average molecular weight is 550 g/mol. The van der Waals surface area contributed by atoms with Crippen molar-refractivity contribution in [2.45, 2.75) is 108 Å². The molecule has 0 bridgehead atoms. The molecule has 0 aliphatic heterocycles. The molecule has 1 aliphatic carbocycles. The van der Waals surface area contributed by atoms with E-state index in [4.69, 9.17) is 0 Å². The van der Waals surface area contributed by atoms with Crippen molar-refractivity contribution in [3.8, 4) is 0 Å². The first kappa shape index (κ1) is 34.7.